The molecule has 8 heteroatoms. The minimum Gasteiger partial charge on any atom is -0.497 e. The molecule has 2 aromatic carbocycles. The Labute approximate surface area is 190 Å². The first-order chi connectivity index (χ1) is 15.5. The molecule has 4 rings (SSSR count). The highest BCUT2D eigenvalue weighted by atomic mass is 35.5. The third-order valence-corrected chi connectivity index (χ3v) is 5.55. The first-order valence-electron chi connectivity index (χ1n) is 10.1. The van der Waals surface area contributed by atoms with E-state index in [0.29, 0.717) is 34.1 Å². The van der Waals surface area contributed by atoms with Crippen LogP contribution in [0.1, 0.15) is 21.6 Å². The summed E-state index contributed by atoms with van der Waals surface area (Å²) in [4.78, 5) is 25.9. The molecule has 4 aromatic rings. The molecular formula is C24H22ClN3O4. The summed E-state index contributed by atoms with van der Waals surface area (Å²) in [5.74, 6) is 0.0654. The predicted molar refractivity (Wildman–Crippen MR) is 121 cm³/mol. The fraction of sp³-hybridized carbons (Fsp3) is 0.208. The molecule has 2 heterocycles. The summed E-state index contributed by atoms with van der Waals surface area (Å²) in [6.07, 6.45) is 3.51. The number of carbonyl (C=O) groups is 2. The van der Waals surface area contributed by atoms with Gasteiger partial charge in [0, 0.05) is 34.1 Å². The minimum absolute atomic E-state index is 0.0372. The van der Waals surface area contributed by atoms with Crippen LogP contribution in [-0.4, -0.2) is 39.9 Å². The zero-order valence-electron chi connectivity index (χ0n) is 17.7. The van der Waals surface area contributed by atoms with Crippen molar-refractivity contribution in [2.45, 2.75) is 19.9 Å². The topological polar surface area (TPSA) is 75.3 Å². The van der Waals surface area contributed by atoms with E-state index >= 15 is 0 Å². The number of hydrogen-bond donors (Lipinski definition) is 0. The van der Waals surface area contributed by atoms with Gasteiger partial charge in [-0.05, 0) is 61.0 Å². The smallest absolute Gasteiger partial charge is 0.310 e. The van der Waals surface area contributed by atoms with E-state index in [9.17, 15) is 9.59 Å². The van der Waals surface area contributed by atoms with Gasteiger partial charge in [0.05, 0.1) is 25.6 Å². The van der Waals surface area contributed by atoms with Crippen molar-refractivity contribution in [2.75, 3.05) is 13.7 Å². The maximum Gasteiger partial charge on any atom is 0.310 e. The van der Waals surface area contributed by atoms with Crippen LogP contribution in [0, 0.1) is 6.92 Å². The average Bonchev–Trinajstić information content (AvgIpc) is 3.40. The number of hydrogen-bond acceptors (Lipinski definition) is 5. The summed E-state index contributed by atoms with van der Waals surface area (Å²) >= 11 is 5.97. The van der Waals surface area contributed by atoms with E-state index < -0.39 is 0 Å². The molecule has 0 aliphatic heterocycles. The molecule has 7 nitrogen and oxygen atoms in total. The lowest BCUT2D eigenvalue weighted by molar-refractivity contribution is -0.143. The Morgan fingerprint density at radius 3 is 2.59 bits per heavy atom. The number of fused-ring (bicyclic) bond motifs is 1. The van der Waals surface area contributed by atoms with Crippen LogP contribution in [-0.2, 0) is 22.5 Å². The van der Waals surface area contributed by atoms with Gasteiger partial charge in [-0.1, -0.05) is 11.6 Å². The van der Waals surface area contributed by atoms with E-state index in [4.69, 9.17) is 21.1 Å². The molecule has 164 valence electrons. The van der Waals surface area contributed by atoms with Crippen molar-refractivity contribution in [3.05, 3.63) is 82.8 Å². The maximum absolute atomic E-state index is 13.3. The third-order valence-electron chi connectivity index (χ3n) is 5.30. The summed E-state index contributed by atoms with van der Waals surface area (Å²) in [5.41, 5.74) is 2.60. The first kappa shape index (κ1) is 21.6. The van der Waals surface area contributed by atoms with Gasteiger partial charge in [-0.3, -0.25) is 18.8 Å². The van der Waals surface area contributed by atoms with Crippen LogP contribution in [0.25, 0.3) is 10.9 Å². The normalized spacial score (nSPS) is 11.0. The number of aromatic nitrogens is 3. The van der Waals surface area contributed by atoms with E-state index in [1.807, 2.05) is 25.1 Å². The summed E-state index contributed by atoms with van der Waals surface area (Å²) in [5, 5.41) is 5.42. The number of carbonyl (C=O) groups excluding carboxylic acids is 2. The zero-order valence-corrected chi connectivity index (χ0v) is 18.5. The van der Waals surface area contributed by atoms with Gasteiger partial charge in [0.15, 0.2) is 0 Å². The highest BCUT2D eigenvalue weighted by Gasteiger charge is 2.22. The SMILES string of the molecule is COc1ccc2c(c1)c(CC(=O)OCCn1cccn1)c(C)n2C(=O)c1ccc(Cl)cc1. The molecule has 0 bridgehead atoms. The van der Waals surface area contributed by atoms with Gasteiger partial charge in [-0.25, -0.2) is 0 Å². The van der Waals surface area contributed by atoms with E-state index in [2.05, 4.69) is 5.10 Å². The maximum atomic E-state index is 13.3. The fourth-order valence-corrected chi connectivity index (χ4v) is 3.80. The number of ether oxygens (including phenoxy) is 2. The number of methoxy groups -OCH3 is 1. The van der Waals surface area contributed by atoms with E-state index in [1.54, 1.807) is 59.1 Å². The molecule has 2 aromatic heterocycles. The lowest BCUT2D eigenvalue weighted by Gasteiger charge is -2.08. The van der Waals surface area contributed by atoms with Crippen LogP contribution in [0.2, 0.25) is 5.02 Å². The van der Waals surface area contributed by atoms with Gasteiger partial charge in [-0.15, -0.1) is 0 Å². The number of esters is 1. The van der Waals surface area contributed by atoms with E-state index in [-0.39, 0.29) is 24.9 Å². The second kappa shape index (κ2) is 9.28. The Morgan fingerprint density at radius 2 is 1.91 bits per heavy atom. The lowest BCUT2D eigenvalue weighted by atomic mass is 10.1. The molecule has 0 atom stereocenters. The van der Waals surface area contributed by atoms with Gasteiger partial charge in [0.25, 0.3) is 5.91 Å². The van der Waals surface area contributed by atoms with Gasteiger partial charge < -0.3 is 9.47 Å². The van der Waals surface area contributed by atoms with E-state index in [1.165, 1.54) is 0 Å². The Morgan fingerprint density at radius 1 is 1.12 bits per heavy atom. The van der Waals surface area contributed by atoms with Gasteiger partial charge in [-0.2, -0.15) is 5.10 Å². The number of halogens is 1. The molecule has 0 amide bonds. The van der Waals surface area contributed by atoms with Crippen LogP contribution >= 0.6 is 11.6 Å². The molecule has 0 N–H and O–H groups in total. The van der Waals surface area contributed by atoms with Crippen molar-refractivity contribution in [3.63, 3.8) is 0 Å². The summed E-state index contributed by atoms with van der Waals surface area (Å²) in [7, 11) is 1.58. The molecule has 0 saturated heterocycles. The standard InChI is InChI=1S/C24H22ClN3O4/c1-16-20(15-23(29)32-13-12-27-11-3-10-26-27)21-14-19(31-2)8-9-22(21)28(16)24(30)17-4-6-18(25)7-5-17/h3-11,14H,12-13,15H2,1-2H3. The van der Waals surface area contributed by atoms with Crippen LogP contribution < -0.4 is 4.74 Å². The molecule has 0 fully saturated rings. The second-order valence-electron chi connectivity index (χ2n) is 7.26. The molecule has 0 spiro atoms. The summed E-state index contributed by atoms with van der Waals surface area (Å²) < 4.78 is 14.1. The third kappa shape index (κ3) is 4.38. The highest BCUT2D eigenvalue weighted by Crippen LogP contribution is 2.31. The molecular weight excluding hydrogens is 430 g/mol. The Hall–Kier alpha value is -3.58. The molecule has 0 saturated carbocycles. The van der Waals surface area contributed by atoms with Crippen LogP contribution in [0.3, 0.4) is 0 Å². The minimum atomic E-state index is -0.374. The molecule has 0 aliphatic rings. The first-order valence-corrected chi connectivity index (χ1v) is 10.5. The van der Waals surface area contributed by atoms with Crippen molar-refractivity contribution < 1.29 is 19.1 Å². The molecule has 0 aliphatic carbocycles. The Bertz CT molecular complexity index is 1260. The fourth-order valence-electron chi connectivity index (χ4n) is 3.68. The largest absolute Gasteiger partial charge is 0.497 e. The van der Waals surface area contributed by atoms with Crippen molar-refractivity contribution >= 4 is 34.4 Å². The van der Waals surface area contributed by atoms with Crippen LogP contribution in [0.15, 0.2) is 60.9 Å². The van der Waals surface area contributed by atoms with Crippen LogP contribution in [0.4, 0.5) is 0 Å². The Kier molecular flexibility index (Phi) is 6.28. The van der Waals surface area contributed by atoms with Crippen molar-refractivity contribution in [1.82, 2.24) is 14.3 Å². The van der Waals surface area contributed by atoms with Gasteiger partial charge in [0.2, 0.25) is 0 Å². The van der Waals surface area contributed by atoms with Gasteiger partial charge >= 0.3 is 5.97 Å². The predicted octanol–water partition coefficient (Wildman–Crippen LogP) is 4.28. The number of rotatable bonds is 7. The van der Waals surface area contributed by atoms with Crippen LogP contribution in [0.5, 0.6) is 5.75 Å². The van der Waals surface area contributed by atoms with E-state index in [0.717, 1.165) is 10.9 Å². The average molecular weight is 452 g/mol. The quantitative estimate of drug-likeness (QED) is 0.392. The van der Waals surface area contributed by atoms with Crippen molar-refractivity contribution in [1.29, 1.82) is 0 Å². The number of benzene rings is 2. The Balaban J connectivity index is 1.65. The lowest BCUT2D eigenvalue weighted by Crippen LogP contribution is -2.15. The van der Waals surface area contributed by atoms with Crippen molar-refractivity contribution in [2.24, 2.45) is 0 Å². The molecule has 32 heavy (non-hydrogen) atoms. The zero-order chi connectivity index (χ0) is 22.7. The summed E-state index contributed by atoms with van der Waals surface area (Å²) in [6.45, 7) is 2.51. The van der Waals surface area contributed by atoms with Crippen molar-refractivity contribution in [3.8, 4) is 5.75 Å². The second-order valence-corrected chi connectivity index (χ2v) is 7.70. The highest BCUT2D eigenvalue weighted by molar-refractivity contribution is 6.30. The monoisotopic (exact) mass is 451 g/mol. The number of nitrogens with zero attached hydrogens (tertiary/aromatic N) is 3. The molecule has 0 radical (unpaired) electrons. The molecule has 0 unspecified atom stereocenters. The summed E-state index contributed by atoms with van der Waals surface area (Å²) in [6, 6.07) is 14.0. The van der Waals surface area contributed by atoms with Gasteiger partial charge in [0.1, 0.15) is 12.4 Å².